The molecule has 2 aromatic rings. The van der Waals surface area contributed by atoms with Gasteiger partial charge in [-0.1, -0.05) is 33.2 Å². The SMILES string of the molecule is Cc1oncc1CN1CCOC(c2cccc(Br)c2)C1. The first-order valence-electron chi connectivity index (χ1n) is 6.72. The Balaban J connectivity index is 1.69. The van der Waals surface area contributed by atoms with Gasteiger partial charge in [0.15, 0.2) is 0 Å². The van der Waals surface area contributed by atoms with Crippen LogP contribution in [0.2, 0.25) is 0 Å². The maximum atomic E-state index is 5.90. The normalized spacial score (nSPS) is 20.2. The molecule has 0 amide bonds. The van der Waals surface area contributed by atoms with Crippen LogP contribution in [0.3, 0.4) is 0 Å². The molecule has 106 valence electrons. The highest BCUT2D eigenvalue weighted by molar-refractivity contribution is 9.10. The Bertz CT molecular complexity index is 585. The maximum Gasteiger partial charge on any atom is 0.138 e. The Kier molecular flexibility index (Phi) is 4.19. The second-order valence-corrected chi connectivity index (χ2v) is 5.97. The van der Waals surface area contributed by atoms with Crippen molar-refractivity contribution in [1.29, 1.82) is 0 Å². The summed E-state index contributed by atoms with van der Waals surface area (Å²) in [5.74, 6) is 0.899. The van der Waals surface area contributed by atoms with Gasteiger partial charge in [-0.05, 0) is 24.6 Å². The minimum atomic E-state index is 0.126. The van der Waals surface area contributed by atoms with Gasteiger partial charge in [-0.25, -0.2) is 0 Å². The van der Waals surface area contributed by atoms with Crippen LogP contribution >= 0.6 is 15.9 Å². The van der Waals surface area contributed by atoms with Crippen molar-refractivity contribution in [3.05, 3.63) is 51.8 Å². The fourth-order valence-electron chi connectivity index (χ4n) is 2.47. The molecular weight excluding hydrogens is 320 g/mol. The molecule has 1 aliphatic heterocycles. The van der Waals surface area contributed by atoms with Gasteiger partial charge in [-0.3, -0.25) is 4.90 Å². The van der Waals surface area contributed by atoms with E-state index < -0.39 is 0 Å². The highest BCUT2D eigenvalue weighted by Crippen LogP contribution is 2.25. The van der Waals surface area contributed by atoms with E-state index in [0.29, 0.717) is 0 Å². The molecule has 0 saturated carbocycles. The van der Waals surface area contributed by atoms with Crippen molar-refractivity contribution in [2.75, 3.05) is 19.7 Å². The van der Waals surface area contributed by atoms with E-state index in [1.807, 2.05) is 19.1 Å². The van der Waals surface area contributed by atoms with Crippen LogP contribution in [0.15, 0.2) is 39.5 Å². The summed E-state index contributed by atoms with van der Waals surface area (Å²) in [6.07, 6.45) is 1.93. The highest BCUT2D eigenvalue weighted by Gasteiger charge is 2.23. The van der Waals surface area contributed by atoms with E-state index in [0.717, 1.165) is 42.0 Å². The van der Waals surface area contributed by atoms with Crippen LogP contribution in [0.25, 0.3) is 0 Å². The van der Waals surface area contributed by atoms with Gasteiger partial charge in [0, 0.05) is 29.7 Å². The Labute approximate surface area is 126 Å². The third kappa shape index (κ3) is 3.11. The summed E-state index contributed by atoms with van der Waals surface area (Å²) < 4.78 is 12.1. The lowest BCUT2D eigenvalue weighted by Gasteiger charge is -2.33. The molecule has 1 aromatic heterocycles. The molecule has 1 fully saturated rings. The zero-order valence-corrected chi connectivity index (χ0v) is 13.0. The second-order valence-electron chi connectivity index (χ2n) is 5.06. The molecule has 0 aliphatic carbocycles. The van der Waals surface area contributed by atoms with Crippen molar-refractivity contribution >= 4 is 15.9 Å². The molecule has 4 nitrogen and oxygen atoms in total. The molecule has 1 aromatic carbocycles. The minimum absolute atomic E-state index is 0.126. The Morgan fingerprint density at radius 3 is 3.10 bits per heavy atom. The molecule has 1 saturated heterocycles. The van der Waals surface area contributed by atoms with E-state index in [9.17, 15) is 0 Å². The van der Waals surface area contributed by atoms with Gasteiger partial charge in [-0.2, -0.15) is 0 Å². The van der Waals surface area contributed by atoms with Crippen LogP contribution in [0.4, 0.5) is 0 Å². The standard InChI is InChI=1S/C15H17BrN2O2/c1-11-13(8-17-20-11)9-18-5-6-19-15(10-18)12-3-2-4-14(16)7-12/h2-4,7-8,15H,5-6,9-10H2,1H3. The second kappa shape index (κ2) is 6.08. The summed E-state index contributed by atoms with van der Waals surface area (Å²) in [5.41, 5.74) is 2.37. The van der Waals surface area contributed by atoms with Crippen molar-refractivity contribution in [1.82, 2.24) is 10.1 Å². The molecule has 0 spiro atoms. The lowest BCUT2D eigenvalue weighted by molar-refractivity contribution is -0.0330. The Hall–Kier alpha value is -1.17. The summed E-state index contributed by atoms with van der Waals surface area (Å²) in [5, 5.41) is 3.84. The number of rotatable bonds is 3. The molecule has 1 atom stereocenters. The molecule has 2 heterocycles. The van der Waals surface area contributed by atoms with Gasteiger partial charge in [0.25, 0.3) is 0 Å². The summed E-state index contributed by atoms with van der Waals surface area (Å²) in [4.78, 5) is 2.38. The lowest BCUT2D eigenvalue weighted by atomic mass is 10.1. The molecule has 3 rings (SSSR count). The lowest BCUT2D eigenvalue weighted by Crippen LogP contribution is -2.37. The van der Waals surface area contributed by atoms with E-state index >= 15 is 0 Å². The number of aromatic nitrogens is 1. The third-order valence-electron chi connectivity index (χ3n) is 3.62. The smallest absolute Gasteiger partial charge is 0.138 e. The van der Waals surface area contributed by atoms with Crippen LogP contribution in [-0.2, 0) is 11.3 Å². The molecule has 20 heavy (non-hydrogen) atoms. The molecule has 5 heteroatoms. The molecule has 1 unspecified atom stereocenters. The minimum Gasteiger partial charge on any atom is -0.371 e. The maximum absolute atomic E-state index is 5.90. The predicted molar refractivity (Wildman–Crippen MR) is 79.4 cm³/mol. The quantitative estimate of drug-likeness (QED) is 0.861. The van der Waals surface area contributed by atoms with E-state index in [2.05, 4.69) is 38.1 Å². The summed E-state index contributed by atoms with van der Waals surface area (Å²) in [6, 6.07) is 8.32. The Morgan fingerprint density at radius 2 is 2.35 bits per heavy atom. The van der Waals surface area contributed by atoms with Gasteiger partial charge in [0.1, 0.15) is 5.76 Å². The number of aryl methyl sites for hydroxylation is 1. The van der Waals surface area contributed by atoms with Crippen molar-refractivity contribution in [2.24, 2.45) is 0 Å². The van der Waals surface area contributed by atoms with Crippen LogP contribution < -0.4 is 0 Å². The van der Waals surface area contributed by atoms with Gasteiger partial charge < -0.3 is 9.26 Å². The Morgan fingerprint density at radius 1 is 1.45 bits per heavy atom. The summed E-state index contributed by atoms with van der Waals surface area (Å²) in [6.45, 7) is 5.40. The topological polar surface area (TPSA) is 38.5 Å². The van der Waals surface area contributed by atoms with Crippen molar-refractivity contribution in [3.8, 4) is 0 Å². The van der Waals surface area contributed by atoms with E-state index in [1.165, 1.54) is 5.56 Å². The number of morpholine rings is 1. The molecular formula is C15H17BrN2O2. The van der Waals surface area contributed by atoms with E-state index in [-0.39, 0.29) is 6.10 Å². The number of benzene rings is 1. The number of halogens is 1. The fourth-order valence-corrected chi connectivity index (χ4v) is 2.88. The molecule has 0 bridgehead atoms. The molecule has 1 aliphatic rings. The van der Waals surface area contributed by atoms with Crippen molar-refractivity contribution in [2.45, 2.75) is 19.6 Å². The highest BCUT2D eigenvalue weighted by atomic mass is 79.9. The van der Waals surface area contributed by atoms with Crippen LogP contribution in [0.1, 0.15) is 23.0 Å². The molecule has 0 N–H and O–H groups in total. The monoisotopic (exact) mass is 336 g/mol. The number of hydrogen-bond acceptors (Lipinski definition) is 4. The fraction of sp³-hybridized carbons (Fsp3) is 0.400. The van der Waals surface area contributed by atoms with E-state index in [4.69, 9.17) is 9.26 Å². The average Bonchev–Trinajstić information content (AvgIpc) is 2.85. The number of hydrogen-bond donors (Lipinski definition) is 0. The largest absolute Gasteiger partial charge is 0.371 e. The third-order valence-corrected chi connectivity index (χ3v) is 4.11. The van der Waals surface area contributed by atoms with Crippen LogP contribution in [-0.4, -0.2) is 29.8 Å². The summed E-state index contributed by atoms with van der Waals surface area (Å²) >= 11 is 3.51. The van der Waals surface area contributed by atoms with Gasteiger partial charge in [-0.15, -0.1) is 0 Å². The molecule has 0 radical (unpaired) electrons. The van der Waals surface area contributed by atoms with Crippen molar-refractivity contribution in [3.63, 3.8) is 0 Å². The van der Waals surface area contributed by atoms with Crippen LogP contribution in [0, 0.1) is 6.92 Å². The van der Waals surface area contributed by atoms with Gasteiger partial charge >= 0.3 is 0 Å². The zero-order valence-electron chi connectivity index (χ0n) is 11.4. The first-order chi connectivity index (χ1) is 9.72. The number of ether oxygens (including phenoxy) is 1. The average molecular weight is 337 g/mol. The van der Waals surface area contributed by atoms with Gasteiger partial charge in [0.2, 0.25) is 0 Å². The predicted octanol–water partition coefficient (Wildman–Crippen LogP) is 3.32. The van der Waals surface area contributed by atoms with Crippen molar-refractivity contribution < 1.29 is 9.26 Å². The zero-order chi connectivity index (χ0) is 13.9. The van der Waals surface area contributed by atoms with Crippen LogP contribution in [0.5, 0.6) is 0 Å². The van der Waals surface area contributed by atoms with E-state index in [1.54, 1.807) is 6.20 Å². The summed E-state index contributed by atoms with van der Waals surface area (Å²) in [7, 11) is 0. The van der Waals surface area contributed by atoms with Gasteiger partial charge in [0.05, 0.1) is 18.9 Å². The number of nitrogens with zero attached hydrogens (tertiary/aromatic N) is 2. The first kappa shape index (κ1) is 13.8. The first-order valence-corrected chi connectivity index (χ1v) is 7.51.